The summed E-state index contributed by atoms with van der Waals surface area (Å²) in [5, 5.41) is 11.2. The molecule has 8 heteroatoms. The number of carbonyl (C=O) groups is 2. The maximum atomic E-state index is 12.3. The number of alkyl halides is 3. The molecule has 1 unspecified atom stereocenters. The molecule has 0 fully saturated rings. The van der Waals surface area contributed by atoms with E-state index in [-0.39, 0.29) is 13.0 Å². The van der Waals surface area contributed by atoms with Gasteiger partial charge in [0.15, 0.2) is 0 Å². The van der Waals surface area contributed by atoms with Gasteiger partial charge in [0, 0.05) is 6.54 Å². The zero-order chi connectivity index (χ0) is 15.3. The van der Waals surface area contributed by atoms with Crippen molar-refractivity contribution in [2.75, 3.05) is 13.1 Å². The largest absolute Gasteiger partial charge is 0.480 e. The van der Waals surface area contributed by atoms with Crippen molar-refractivity contribution in [3.63, 3.8) is 0 Å². The van der Waals surface area contributed by atoms with Crippen LogP contribution in [0.5, 0.6) is 0 Å². The Hall–Kier alpha value is -1.47. The molecule has 0 saturated heterocycles. The van der Waals surface area contributed by atoms with Crippen LogP contribution in [-0.4, -0.2) is 46.8 Å². The Kier molecular flexibility index (Phi) is 6.11. The highest BCUT2D eigenvalue weighted by Crippen LogP contribution is 2.18. The summed E-state index contributed by atoms with van der Waals surface area (Å²) in [6.07, 6.45) is -3.90. The lowest BCUT2D eigenvalue weighted by Crippen LogP contribution is -2.57. The first-order valence-electron chi connectivity index (χ1n) is 5.93. The van der Waals surface area contributed by atoms with Gasteiger partial charge in [-0.2, -0.15) is 13.2 Å². The fourth-order valence-corrected chi connectivity index (χ4v) is 1.58. The molecule has 0 radical (unpaired) electrons. The average molecular weight is 284 g/mol. The number of amides is 2. The van der Waals surface area contributed by atoms with Crippen LogP contribution in [0.3, 0.4) is 0 Å². The summed E-state index contributed by atoms with van der Waals surface area (Å²) in [6, 6.07) is -1.03. The van der Waals surface area contributed by atoms with Gasteiger partial charge in [-0.1, -0.05) is 13.3 Å². The van der Waals surface area contributed by atoms with Gasteiger partial charge in [-0.15, -0.1) is 0 Å². The molecule has 0 aliphatic rings. The lowest BCUT2D eigenvalue weighted by atomic mass is 9.96. The van der Waals surface area contributed by atoms with Crippen molar-refractivity contribution < 1.29 is 27.9 Å². The summed E-state index contributed by atoms with van der Waals surface area (Å²) < 4.78 is 36.8. The predicted octanol–water partition coefficient (Wildman–Crippen LogP) is 2.22. The van der Waals surface area contributed by atoms with E-state index in [1.165, 1.54) is 13.8 Å². The molecule has 0 spiro atoms. The average Bonchev–Trinajstić information content (AvgIpc) is 2.24. The quantitative estimate of drug-likeness (QED) is 0.785. The van der Waals surface area contributed by atoms with Crippen LogP contribution < -0.4 is 5.32 Å². The Bertz CT molecular complexity index is 334. The summed E-state index contributed by atoms with van der Waals surface area (Å²) in [4.78, 5) is 23.3. The van der Waals surface area contributed by atoms with E-state index in [2.05, 4.69) is 5.32 Å². The molecule has 19 heavy (non-hydrogen) atoms. The Morgan fingerprint density at radius 2 is 1.79 bits per heavy atom. The molecular weight excluding hydrogens is 265 g/mol. The van der Waals surface area contributed by atoms with E-state index in [1.807, 2.05) is 0 Å². The highest BCUT2D eigenvalue weighted by molar-refractivity contribution is 5.85. The number of rotatable bonds is 6. The van der Waals surface area contributed by atoms with Crippen LogP contribution in [0.4, 0.5) is 18.0 Å². The number of urea groups is 1. The molecule has 0 bridgehead atoms. The van der Waals surface area contributed by atoms with Crippen molar-refractivity contribution in [2.24, 2.45) is 0 Å². The van der Waals surface area contributed by atoms with E-state index in [9.17, 15) is 22.8 Å². The van der Waals surface area contributed by atoms with Gasteiger partial charge in [0.25, 0.3) is 0 Å². The zero-order valence-corrected chi connectivity index (χ0v) is 11.2. The smallest absolute Gasteiger partial charge is 0.406 e. The second-order valence-corrected chi connectivity index (χ2v) is 4.45. The third-order valence-electron chi connectivity index (χ3n) is 2.64. The van der Waals surface area contributed by atoms with Crippen molar-refractivity contribution in [2.45, 2.75) is 45.3 Å². The van der Waals surface area contributed by atoms with Crippen molar-refractivity contribution in [1.29, 1.82) is 0 Å². The highest BCUT2D eigenvalue weighted by Gasteiger charge is 2.38. The van der Waals surface area contributed by atoms with Gasteiger partial charge in [-0.05, 0) is 20.3 Å². The topological polar surface area (TPSA) is 69.6 Å². The Labute approximate surface area is 109 Å². The van der Waals surface area contributed by atoms with Gasteiger partial charge in [-0.3, -0.25) is 0 Å². The SMILES string of the molecule is CCCC(C)(NC(=O)N(CC)CC(F)(F)F)C(=O)O. The van der Waals surface area contributed by atoms with E-state index >= 15 is 0 Å². The minimum atomic E-state index is -4.52. The summed E-state index contributed by atoms with van der Waals surface area (Å²) in [7, 11) is 0. The van der Waals surface area contributed by atoms with Gasteiger partial charge in [-0.25, -0.2) is 9.59 Å². The Morgan fingerprint density at radius 1 is 1.26 bits per heavy atom. The number of aliphatic carboxylic acids is 1. The maximum absolute atomic E-state index is 12.3. The molecule has 0 aromatic rings. The van der Waals surface area contributed by atoms with Crippen LogP contribution in [0, 0.1) is 0 Å². The minimum absolute atomic E-state index is 0.137. The fourth-order valence-electron chi connectivity index (χ4n) is 1.58. The van der Waals surface area contributed by atoms with E-state index in [0.29, 0.717) is 11.3 Å². The summed E-state index contributed by atoms with van der Waals surface area (Å²) in [5.74, 6) is -1.27. The molecule has 0 saturated carbocycles. The zero-order valence-electron chi connectivity index (χ0n) is 11.2. The number of hydrogen-bond acceptors (Lipinski definition) is 2. The molecular formula is C11H19F3N2O3. The molecule has 0 aromatic heterocycles. The van der Waals surface area contributed by atoms with Crippen LogP contribution in [0.2, 0.25) is 0 Å². The van der Waals surface area contributed by atoms with E-state index in [4.69, 9.17) is 5.11 Å². The lowest BCUT2D eigenvalue weighted by Gasteiger charge is -2.30. The van der Waals surface area contributed by atoms with Crippen LogP contribution >= 0.6 is 0 Å². The standard InChI is InChI=1S/C11H19F3N2O3/c1-4-6-10(3,8(17)18)15-9(19)16(5-2)7-11(12,13)14/h4-7H2,1-3H3,(H,15,19)(H,17,18). The summed E-state index contributed by atoms with van der Waals surface area (Å²) >= 11 is 0. The number of halogens is 3. The molecule has 0 aliphatic heterocycles. The number of carboxylic acids is 1. The molecule has 0 aliphatic carbocycles. The Morgan fingerprint density at radius 3 is 2.11 bits per heavy atom. The molecule has 0 aromatic carbocycles. The van der Waals surface area contributed by atoms with Crippen molar-refractivity contribution in [1.82, 2.24) is 10.2 Å². The van der Waals surface area contributed by atoms with Gasteiger partial charge in [0.05, 0.1) is 0 Å². The predicted molar refractivity (Wildman–Crippen MR) is 62.8 cm³/mol. The normalized spacial score (nSPS) is 14.6. The molecule has 1 atom stereocenters. The number of carboxylic acid groups (broad SMARTS) is 1. The third-order valence-corrected chi connectivity index (χ3v) is 2.64. The van der Waals surface area contributed by atoms with E-state index < -0.39 is 30.3 Å². The molecule has 0 rings (SSSR count). The molecule has 2 N–H and O–H groups in total. The first kappa shape index (κ1) is 17.5. The molecule has 0 heterocycles. The molecule has 112 valence electrons. The third kappa shape index (κ3) is 5.80. The van der Waals surface area contributed by atoms with Crippen LogP contribution in [0.25, 0.3) is 0 Å². The fraction of sp³-hybridized carbons (Fsp3) is 0.818. The number of carbonyl (C=O) groups excluding carboxylic acids is 1. The van der Waals surface area contributed by atoms with Crippen LogP contribution in [0.1, 0.15) is 33.6 Å². The maximum Gasteiger partial charge on any atom is 0.406 e. The highest BCUT2D eigenvalue weighted by atomic mass is 19.4. The molecule has 2 amide bonds. The van der Waals surface area contributed by atoms with Gasteiger partial charge >= 0.3 is 18.2 Å². The van der Waals surface area contributed by atoms with Crippen LogP contribution in [0.15, 0.2) is 0 Å². The number of nitrogens with zero attached hydrogens (tertiary/aromatic N) is 1. The summed E-state index contributed by atoms with van der Waals surface area (Å²) in [5.41, 5.74) is -1.56. The molecule has 5 nitrogen and oxygen atoms in total. The lowest BCUT2D eigenvalue weighted by molar-refractivity contribution is -0.144. The minimum Gasteiger partial charge on any atom is -0.480 e. The van der Waals surface area contributed by atoms with Gasteiger partial charge < -0.3 is 15.3 Å². The number of hydrogen-bond donors (Lipinski definition) is 2. The first-order valence-corrected chi connectivity index (χ1v) is 5.93. The van der Waals surface area contributed by atoms with E-state index in [1.54, 1.807) is 6.92 Å². The first-order chi connectivity index (χ1) is 8.55. The Balaban J connectivity index is 4.84. The second kappa shape index (κ2) is 6.63. The van der Waals surface area contributed by atoms with Gasteiger partial charge in [0.2, 0.25) is 0 Å². The van der Waals surface area contributed by atoms with Crippen molar-refractivity contribution >= 4 is 12.0 Å². The monoisotopic (exact) mass is 284 g/mol. The van der Waals surface area contributed by atoms with Crippen molar-refractivity contribution in [3.8, 4) is 0 Å². The van der Waals surface area contributed by atoms with Crippen LogP contribution in [-0.2, 0) is 4.79 Å². The number of nitrogens with one attached hydrogen (secondary N) is 1. The summed E-state index contributed by atoms with van der Waals surface area (Å²) in [6.45, 7) is 2.83. The van der Waals surface area contributed by atoms with Gasteiger partial charge in [0.1, 0.15) is 12.1 Å². The van der Waals surface area contributed by atoms with E-state index in [0.717, 1.165) is 0 Å². The second-order valence-electron chi connectivity index (χ2n) is 4.45. The van der Waals surface area contributed by atoms with Crippen molar-refractivity contribution in [3.05, 3.63) is 0 Å².